The first-order chi connectivity index (χ1) is 22.9. The van der Waals surface area contributed by atoms with Gasteiger partial charge in [-0.25, -0.2) is 0 Å². The Morgan fingerprint density at radius 2 is 1.43 bits per heavy atom. The van der Waals surface area contributed by atoms with Crippen molar-refractivity contribution in [3.63, 3.8) is 0 Å². The third-order valence-corrected chi connectivity index (χ3v) is 10.8. The average Bonchev–Trinajstić information content (AvgIpc) is 3.11. The second-order valence-corrected chi connectivity index (χ2v) is 14.2. The number of methoxy groups -OCH3 is 1. The van der Waals surface area contributed by atoms with Gasteiger partial charge in [-0.1, -0.05) is 105 Å². The normalized spacial score (nSPS) is 22.7. The molecule has 1 fully saturated rings. The zero-order chi connectivity index (χ0) is 32.3. The minimum atomic E-state index is -0.802. The van der Waals surface area contributed by atoms with Crippen molar-refractivity contribution in [2.24, 2.45) is 0 Å². The molecule has 4 unspecified atom stereocenters. The monoisotopic (exact) mass is 620 g/mol. The zero-order valence-electron chi connectivity index (χ0n) is 28.1. The van der Waals surface area contributed by atoms with Gasteiger partial charge in [-0.2, -0.15) is 0 Å². The van der Waals surface area contributed by atoms with E-state index in [0.717, 1.165) is 47.3 Å². The van der Waals surface area contributed by atoms with Crippen LogP contribution in [-0.2, 0) is 10.3 Å². The van der Waals surface area contributed by atoms with E-state index in [-0.39, 0.29) is 12.2 Å². The second-order valence-electron chi connectivity index (χ2n) is 14.2. The maximum atomic E-state index is 7.55. The maximum absolute atomic E-state index is 7.55. The molecule has 0 saturated heterocycles. The summed E-state index contributed by atoms with van der Waals surface area (Å²) < 4.78 is 19.6. The second kappa shape index (κ2) is 11.7. The summed E-state index contributed by atoms with van der Waals surface area (Å²) in [6.07, 6.45) is 8.29. The summed E-state index contributed by atoms with van der Waals surface area (Å²) in [6.45, 7) is 8.61. The third-order valence-electron chi connectivity index (χ3n) is 10.8. The predicted octanol–water partition coefficient (Wildman–Crippen LogP) is 11.1. The van der Waals surface area contributed by atoms with Gasteiger partial charge in [0, 0.05) is 29.2 Å². The number of hydrogen-bond donors (Lipinski definition) is 0. The van der Waals surface area contributed by atoms with E-state index in [1.807, 2.05) is 7.11 Å². The smallest absolute Gasteiger partial charge is 0.178 e. The molecule has 3 aliphatic rings. The Kier molecular flexibility index (Phi) is 7.49. The van der Waals surface area contributed by atoms with E-state index in [0.29, 0.717) is 17.8 Å². The summed E-state index contributed by atoms with van der Waals surface area (Å²) in [5, 5.41) is 2.41. The Balaban J connectivity index is 1.37. The van der Waals surface area contributed by atoms with Crippen LogP contribution in [0.25, 0.3) is 28.0 Å². The van der Waals surface area contributed by atoms with E-state index in [1.54, 1.807) is 0 Å². The van der Waals surface area contributed by atoms with Crippen LogP contribution in [0.5, 0.6) is 11.5 Å². The first kappa shape index (κ1) is 30.0. The van der Waals surface area contributed by atoms with Crippen molar-refractivity contribution >= 4 is 16.8 Å². The average molecular weight is 621 g/mol. The van der Waals surface area contributed by atoms with Crippen molar-refractivity contribution in [1.29, 1.82) is 0 Å². The summed E-state index contributed by atoms with van der Waals surface area (Å²) in [4.78, 5) is 0. The van der Waals surface area contributed by atoms with E-state index in [2.05, 4.69) is 137 Å². The number of ether oxygens (including phenoxy) is 3. The summed E-state index contributed by atoms with van der Waals surface area (Å²) in [5.41, 5.74) is 9.56. The number of fused-ring (bicyclic) bond motifs is 11. The van der Waals surface area contributed by atoms with Crippen molar-refractivity contribution in [1.82, 2.24) is 0 Å². The van der Waals surface area contributed by atoms with E-state index >= 15 is 0 Å². The molecular formula is C44H44O3. The highest BCUT2D eigenvalue weighted by atomic mass is 16.5. The highest BCUT2D eigenvalue weighted by Crippen LogP contribution is 2.59. The molecule has 3 nitrogen and oxygen atoms in total. The van der Waals surface area contributed by atoms with Gasteiger partial charge in [-0.15, -0.1) is 0 Å². The molecule has 0 radical (unpaired) electrons. The zero-order valence-corrected chi connectivity index (χ0v) is 28.1. The molecule has 1 heterocycles. The van der Waals surface area contributed by atoms with Crippen molar-refractivity contribution in [2.75, 3.05) is 7.11 Å². The maximum Gasteiger partial charge on any atom is 0.178 e. The Morgan fingerprint density at radius 3 is 2.13 bits per heavy atom. The summed E-state index contributed by atoms with van der Waals surface area (Å²) in [6, 6.07) is 35.5. The van der Waals surface area contributed by atoms with Crippen molar-refractivity contribution < 1.29 is 14.2 Å². The topological polar surface area (TPSA) is 27.7 Å². The van der Waals surface area contributed by atoms with Gasteiger partial charge in [0.1, 0.15) is 11.5 Å². The van der Waals surface area contributed by atoms with Crippen molar-refractivity contribution in [3.05, 3.63) is 137 Å². The van der Waals surface area contributed by atoms with Crippen LogP contribution >= 0.6 is 0 Å². The third kappa shape index (κ3) is 4.90. The van der Waals surface area contributed by atoms with Crippen LogP contribution in [0.3, 0.4) is 0 Å². The van der Waals surface area contributed by atoms with Crippen LogP contribution in [0.15, 0.2) is 103 Å². The molecular weight excluding hydrogens is 576 g/mol. The summed E-state index contributed by atoms with van der Waals surface area (Å²) in [5.74, 6) is 3.11. The van der Waals surface area contributed by atoms with Crippen LogP contribution in [0.4, 0.5) is 0 Å². The van der Waals surface area contributed by atoms with Crippen molar-refractivity contribution in [2.45, 2.75) is 82.5 Å². The summed E-state index contributed by atoms with van der Waals surface area (Å²) >= 11 is 0. The first-order valence-electron chi connectivity index (χ1n) is 17.3. The van der Waals surface area contributed by atoms with Gasteiger partial charge < -0.3 is 14.2 Å². The van der Waals surface area contributed by atoms with Gasteiger partial charge in [0.05, 0.1) is 12.2 Å². The molecule has 5 aromatic rings. The quantitative estimate of drug-likeness (QED) is 0.189. The molecule has 3 heteroatoms. The fourth-order valence-corrected chi connectivity index (χ4v) is 8.52. The molecule has 47 heavy (non-hydrogen) atoms. The molecule has 0 bridgehead atoms. The molecule has 1 saturated carbocycles. The van der Waals surface area contributed by atoms with Gasteiger partial charge in [0.2, 0.25) is 0 Å². The molecule has 238 valence electrons. The Labute approximate surface area is 279 Å². The fourth-order valence-electron chi connectivity index (χ4n) is 8.52. The van der Waals surface area contributed by atoms with Crippen molar-refractivity contribution in [3.8, 4) is 22.6 Å². The fraction of sp³-hybridized carbons (Fsp3) is 0.318. The summed E-state index contributed by atoms with van der Waals surface area (Å²) in [7, 11) is 1.87. The molecule has 1 aliphatic heterocycles. The van der Waals surface area contributed by atoms with Crippen LogP contribution in [-0.4, -0.2) is 19.3 Å². The molecule has 8 rings (SSSR count). The van der Waals surface area contributed by atoms with E-state index < -0.39 is 5.60 Å². The van der Waals surface area contributed by atoms with Crippen LogP contribution in [0.2, 0.25) is 0 Å². The molecule has 4 atom stereocenters. The molecule has 0 N–H and O–H groups in total. The molecule has 0 amide bonds. The van der Waals surface area contributed by atoms with E-state index in [1.165, 1.54) is 38.8 Å². The minimum absolute atomic E-state index is 0.111. The van der Waals surface area contributed by atoms with Crippen LogP contribution in [0, 0.1) is 0 Å². The standard InChI is InChI=1S/C44H44O3/c1-27(2)29-14-16-30(17-15-29)44(31-18-20-32(21-19-31)46-28(3)4)25-24-39-42-40-26-33(45-5)22-23-35(40)34-10-6-7-11-36(34)41(42)37-12-8-9-13-38(37)43(39)47-44/h6-21,24-25,27-28,33,35,40H,22-23,26H2,1-5H3. The number of rotatable bonds is 6. The van der Waals surface area contributed by atoms with Gasteiger partial charge in [0.15, 0.2) is 5.60 Å². The van der Waals surface area contributed by atoms with Gasteiger partial charge in [0.25, 0.3) is 0 Å². The SMILES string of the molecule is COC1CCC2c3ccccc3-c3c(c4c(c5ccccc35)OC(c3ccc(OC(C)C)cc3)(c3ccc(C(C)C)cc3)C=C4)C2C1. The minimum Gasteiger partial charge on any atom is -0.491 e. The Hall–Kier alpha value is -4.34. The Morgan fingerprint density at radius 1 is 0.745 bits per heavy atom. The van der Waals surface area contributed by atoms with Gasteiger partial charge in [-0.05, 0) is 102 Å². The number of benzene rings is 5. The van der Waals surface area contributed by atoms with E-state index in [4.69, 9.17) is 14.2 Å². The molecule has 0 aromatic heterocycles. The van der Waals surface area contributed by atoms with Crippen LogP contribution < -0.4 is 9.47 Å². The lowest BCUT2D eigenvalue weighted by atomic mass is 9.63. The van der Waals surface area contributed by atoms with E-state index in [9.17, 15) is 0 Å². The lowest BCUT2D eigenvalue weighted by Gasteiger charge is -2.44. The predicted molar refractivity (Wildman–Crippen MR) is 193 cm³/mol. The van der Waals surface area contributed by atoms with Gasteiger partial charge in [-0.3, -0.25) is 0 Å². The molecule has 2 aliphatic carbocycles. The largest absolute Gasteiger partial charge is 0.491 e. The van der Waals surface area contributed by atoms with Gasteiger partial charge >= 0.3 is 0 Å². The Bertz CT molecular complexity index is 1970. The number of hydrogen-bond acceptors (Lipinski definition) is 3. The lowest BCUT2D eigenvalue weighted by molar-refractivity contribution is 0.0569. The molecule has 0 spiro atoms. The first-order valence-corrected chi connectivity index (χ1v) is 17.3. The van der Waals surface area contributed by atoms with Crippen LogP contribution in [0.1, 0.15) is 98.1 Å². The highest BCUT2D eigenvalue weighted by molar-refractivity contribution is 6.06. The molecule has 5 aromatic carbocycles. The highest BCUT2D eigenvalue weighted by Gasteiger charge is 2.44. The lowest BCUT2D eigenvalue weighted by Crippen LogP contribution is -2.35.